The Labute approximate surface area is 230 Å². The van der Waals surface area contributed by atoms with Gasteiger partial charge in [0.05, 0.1) is 15.5 Å². The molecule has 0 bridgehead atoms. The van der Waals surface area contributed by atoms with Gasteiger partial charge in [-0.2, -0.15) is 13.2 Å². The van der Waals surface area contributed by atoms with Crippen molar-refractivity contribution in [2.45, 2.75) is 34.4 Å². The fraction of sp³-hybridized carbons (Fsp3) is 0.259. The molecule has 0 aromatic heterocycles. The maximum absolute atomic E-state index is 14.6. The van der Waals surface area contributed by atoms with Gasteiger partial charge < -0.3 is 5.11 Å². The summed E-state index contributed by atoms with van der Waals surface area (Å²) in [6.07, 6.45) is -3.06. The molecule has 1 N–H and O–H groups in total. The van der Waals surface area contributed by atoms with Crippen molar-refractivity contribution in [3.8, 4) is 11.8 Å². The number of anilines is 1. The van der Waals surface area contributed by atoms with Gasteiger partial charge in [-0.3, -0.25) is 4.31 Å². The monoisotopic (exact) mass is 597 g/mol. The molecule has 1 atom stereocenters. The lowest BCUT2D eigenvalue weighted by Crippen LogP contribution is -2.43. The maximum Gasteiger partial charge on any atom is 0.433 e. The highest BCUT2D eigenvalue weighted by Gasteiger charge is 2.56. The third-order valence-electron chi connectivity index (χ3n) is 6.13. The summed E-state index contributed by atoms with van der Waals surface area (Å²) >= 11 is 6.05. The number of benzene rings is 3. The topological polar surface area (TPSA) is 91.8 Å². The van der Waals surface area contributed by atoms with E-state index in [-0.39, 0.29) is 32.8 Å². The van der Waals surface area contributed by atoms with Crippen molar-refractivity contribution in [3.63, 3.8) is 0 Å². The van der Waals surface area contributed by atoms with Gasteiger partial charge in [-0.1, -0.05) is 41.8 Å². The molecule has 0 spiro atoms. The summed E-state index contributed by atoms with van der Waals surface area (Å²) in [6.45, 7) is -0.108. The Morgan fingerprint density at radius 1 is 0.949 bits per heavy atom. The van der Waals surface area contributed by atoms with Gasteiger partial charge in [0, 0.05) is 29.0 Å². The lowest BCUT2D eigenvalue weighted by molar-refractivity contribution is -0.240. The van der Waals surface area contributed by atoms with Crippen LogP contribution < -0.4 is 4.31 Å². The van der Waals surface area contributed by atoms with E-state index in [0.29, 0.717) is 12.8 Å². The highest BCUT2D eigenvalue weighted by atomic mass is 35.5. The van der Waals surface area contributed by atoms with Gasteiger partial charge >= 0.3 is 6.18 Å². The quantitative estimate of drug-likeness (QED) is 0.380. The SMILES string of the molecule is CS(=O)(=O)c1cccc(C#CC(O)(c2cc(Cl)ccc2N(CC2CC2)S(=O)(=O)c2ccccc2)C(F)(F)F)c1. The first-order valence-electron chi connectivity index (χ1n) is 11.6. The first-order chi connectivity index (χ1) is 18.1. The molecule has 12 heteroatoms. The van der Waals surface area contributed by atoms with E-state index in [1.807, 2.05) is 5.92 Å². The second kappa shape index (κ2) is 10.5. The Kier molecular flexibility index (Phi) is 7.80. The number of sulfone groups is 1. The molecule has 0 radical (unpaired) electrons. The number of sulfonamides is 1. The molecule has 1 saturated carbocycles. The number of rotatable bonds is 7. The molecule has 6 nitrogen and oxygen atoms in total. The largest absolute Gasteiger partial charge is 0.433 e. The minimum atomic E-state index is -5.39. The van der Waals surface area contributed by atoms with Crippen LogP contribution in [0.1, 0.15) is 24.0 Å². The Bertz CT molecular complexity index is 1660. The molecule has 206 valence electrons. The Hall–Kier alpha value is -3.04. The van der Waals surface area contributed by atoms with Gasteiger partial charge in [0.2, 0.25) is 0 Å². The third kappa shape index (κ3) is 6.25. The van der Waals surface area contributed by atoms with Crippen LogP contribution in [0, 0.1) is 17.8 Å². The summed E-state index contributed by atoms with van der Waals surface area (Å²) < 4.78 is 95.6. The molecule has 0 heterocycles. The van der Waals surface area contributed by atoms with Gasteiger partial charge in [0.15, 0.2) is 9.84 Å². The van der Waals surface area contributed by atoms with Crippen molar-refractivity contribution < 1.29 is 35.1 Å². The summed E-state index contributed by atoms with van der Waals surface area (Å²) in [6, 6.07) is 15.4. The molecule has 1 fully saturated rings. The molecule has 3 aromatic carbocycles. The van der Waals surface area contributed by atoms with Crippen LogP contribution in [-0.2, 0) is 25.5 Å². The molecule has 0 aliphatic heterocycles. The fourth-order valence-corrected chi connectivity index (χ4v) is 6.27. The number of hydrogen-bond donors (Lipinski definition) is 1. The first kappa shape index (κ1) is 29.0. The predicted molar refractivity (Wildman–Crippen MR) is 142 cm³/mol. The predicted octanol–water partition coefficient (Wildman–Crippen LogP) is 5.15. The zero-order chi connectivity index (χ0) is 28.6. The average molecular weight is 598 g/mol. The molecular weight excluding hydrogens is 575 g/mol. The van der Waals surface area contributed by atoms with Crippen molar-refractivity contribution in [2.75, 3.05) is 17.1 Å². The van der Waals surface area contributed by atoms with Gasteiger partial charge in [0.1, 0.15) is 0 Å². The van der Waals surface area contributed by atoms with Crippen LogP contribution in [-0.4, -0.2) is 40.9 Å². The zero-order valence-electron chi connectivity index (χ0n) is 20.5. The van der Waals surface area contributed by atoms with Crippen LogP contribution in [0.2, 0.25) is 5.02 Å². The maximum atomic E-state index is 14.6. The zero-order valence-corrected chi connectivity index (χ0v) is 22.9. The van der Waals surface area contributed by atoms with Crippen LogP contribution in [0.15, 0.2) is 82.6 Å². The Balaban J connectivity index is 1.93. The van der Waals surface area contributed by atoms with E-state index in [1.165, 1.54) is 48.5 Å². The lowest BCUT2D eigenvalue weighted by atomic mass is 9.91. The summed E-state index contributed by atoms with van der Waals surface area (Å²) in [5.41, 5.74) is -5.25. The summed E-state index contributed by atoms with van der Waals surface area (Å²) in [4.78, 5) is -0.302. The molecule has 3 aromatic rings. The molecule has 1 unspecified atom stereocenters. The molecule has 0 saturated heterocycles. The molecule has 1 aliphatic carbocycles. The summed E-state index contributed by atoms with van der Waals surface area (Å²) in [5, 5.41) is 11.0. The fourth-order valence-electron chi connectivity index (χ4n) is 3.85. The Morgan fingerprint density at radius 3 is 2.18 bits per heavy atom. The van der Waals surface area contributed by atoms with Gasteiger partial charge in [-0.05, 0) is 73.2 Å². The number of nitrogens with zero attached hydrogens (tertiary/aromatic N) is 1. The van der Waals surface area contributed by atoms with Gasteiger partial charge in [-0.25, -0.2) is 16.8 Å². The highest BCUT2D eigenvalue weighted by Crippen LogP contribution is 2.45. The number of alkyl halides is 3. The van der Waals surface area contributed by atoms with Crippen LogP contribution in [0.3, 0.4) is 0 Å². The second-order valence-electron chi connectivity index (χ2n) is 9.21. The summed E-state index contributed by atoms with van der Waals surface area (Å²) in [5.74, 6) is 3.98. The minimum absolute atomic E-state index is 0.0733. The molecule has 1 aliphatic rings. The van der Waals surface area contributed by atoms with Crippen LogP contribution in [0.25, 0.3) is 0 Å². The molecule has 0 amide bonds. The van der Waals surface area contributed by atoms with Crippen molar-refractivity contribution >= 4 is 37.1 Å². The number of hydrogen-bond acceptors (Lipinski definition) is 5. The smallest absolute Gasteiger partial charge is 0.366 e. The van der Waals surface area contributed by atoms with Crippen molar-refractivity contribution in [1.82, 2.24) is 0 Å². The highest BCUT2D eigenvalue weighted by molar-refractivity contribution is 7.92. The third-order valence-corrected chi connectivity index (χ3v) is 9.27. The van der Waals surface area contributed by atoms with Gasteiger partial charge in [0.25, 0.3) is 15.6 Å². The molecular formula is C27H23ClF3NO5S2. The Morgan fingerprint density at radius 2 is 1.59 bits per heavy atom. The average Bonchev–Trinajstić information content (AvgIpc) is 3.70. The minimum Gasteiger partial charge on any atom is -0.366 e. The lowest BCUT2D eigenvalue weighted by Gasteiger charge is -2.32. The van der Waals surface area contributed by atoms with Gasteiger partial charge in [-0.15, -0.1) is 0 Å². The van der Waals surface area contributed by atoms with E-state index in [1.54, 1.807) is 6.07 Å². The van der Waals surface area contributed by atoms with Crippen molar-refractivity contribution in [1.29, 1.82) is 0 Å². The summed E-state index contributed by atoms with van der Waals surface area (Å²) in [7, 11) is -8.02. The van der Waals surface area contributed by atoms with Crippen LogP contribution in [0.5, 0.6) is 0 Å². The number of halogens is 4. The standard InChI is InChI=1S/C27H23ClF3NO5S2/c1-38(34,35)23-9-5-6-19(16-23)14-15-26(33,27(29,30)31)24-17-21(28)12-13-25(24)32(18-20-10-11-20)39(36,37)22-7-3-2-4-8-22/h2-9,12-13,16-17,20,33H,10-11,18H2,1H3. The number of aliphatic hydroxyl groups is 1. The van der Waals surface area contributed by atoms with E-state index in [9.17, 15) is 35.1 Å². The second-order valence-corrected chi connectivity index (χ2v) is 13.5. The van der Waals surface area contributed by atoms with Crippen LogP contribution >= 0.6 is 11.6 Å². The normalized spacial score (nSPS) is 15.6. The van der Waals surface area contributed by atoms with Crippen molar-refractivity contribution in [2.24, 2.45) is 5.92 Å². The van der Waals surface area contributed by atoms with Crippen LogP contribution in [0.4, 0.5) is 18.9 Å². The molecule has 39 heavy (non-hydrogen) atoms. The van der Waals surface area contributed by atoms with E-state index >= 15 is 0 Å². The molecule has 4 rings (SSSR count). The van der Waals surface area contributed by atoms with E-state index in [0.717, 1.165) is 28.8 Å². The first-order valence-corrected chi connectivity index (χ1v) is 15.3. The van der Waals surface area contributed by atoms with E-state index in [2.05, 4.69) is 5.92 Å². The van der Waals surface area contributed by atoms with E-state index < -0.39 is 42.9 Å². The van der Waals surface area contributed by atoms with Crippen molar-refractivity contribution in [3.05, 3.63) is 88.9 Å². The van der Waals surface area contributed by atoms with E-state index in [4.69, 9.17) is 11.6 Å².